The van der Waals surface area contributed by atoms with Crippen LogP contribution in [0, 0.1) is 21.4 Å². The van der Waals surface area contributed by atoms with Gasteiger partial charge in [0.15, 0.2) is 0 Å². The van der Waals surface area contributed by atoms with Crippen LogP contribution in [0.5, 0.6) is 0 Å². The number of rotatable bonds is 3. The fourth-order valence-corrected chi connectivity index (χ4v) is 1.69. The third-order valence-electron chi connectivity index (χ3n) is 2.61. The van der Waals surface area contributed by atoms with Crippen molar-refractivity contribution in [3.8, 4) is 6.07 Å². The van der Waals surface area contributed by atoms with Crippen molar-refractivity contribution in [1.29, 1.82) is 5.26 Å². The van der Waals surface area contributed by atoms with Crippen molar-refractivity contribution in [2.45, 2.75) is 0 Å². The zero-order valence-corrected chi connectivity index (χ0v) is 9.63. The lowest BCUT2D eigenvalue weighted by atomic mass is 10.2. The summed E-state index contributed by atoms with van der Waals surface area (Å²) >= 11 is 0. The van der Waals surface area contributed by atoms with Gasteiger partial charge in [0.1, 0.15) is 5.69 Å². The van der Waals surface area contributed by atoms with Crippen LogP contribution in [0.25, 0.3) is 0 Å². The average Bonchev–Trinajstić information content (AvgIpc) is 2.40. The summed E-state index contributed by atoms with van der Waals surface area (Å²) in [6.45, 7) is 2.52. The number of hydrogen-bond acceptors (Lipinski definition) is 6. The van der Waals surface area contributed by atoms with Gasteiger partial charge in [-0.2, -0.15) is 5.26 Å². The topological polar surface area (TPSA) is 91.4 Å². The van der Waals surface area contributed by atoms with E-state index in [4.69, 9.17) is 10.00 Å². The first-order valence-corrected chi connectivity index (χ1v) is 5.48. The largest absolute Gasteiger partial charge is 0.379 e. The van der Waals surface area contributed by atoms with Gasteiger partial charge in [0, 0.05) is 19.2 Å². The van der Waals surface area contributed by atoms with Crippen LogP contribution < -0.4 is 5.43 Å². The number of nitrogens with zero attached hydrogens (tertiary/aromatic N) is 3. The molecule has 0 aliphatic carbocycles. The van der Waals surface area contributed by atoms with Crippen molar-refractivity contribution in [3.05, 3.63) is 33.9 Å². The molecule has 94 valence electrons. The number of anilines is 1. The smallest absolute Gasteiger partial charge is 0.294 e. The second-order valence-electron chi connectivity index (χ2n) is 3.81. The Morgan fingerprint density at radius 2 is 2.17 bits per heavy atom. The van der Waals surface area contributed by atoms with Crippen LogP contribution in [0.1, 0.15) is 5.56 Å². The third-order valence-corrected chi connectivity index (χ3v) is 2.61. The lowest BCUT2D eigenvalue weighted by Crippen LogP contribution is -2.40. The number of morpholine rings is 1. The summed E-state index contributed by atoms with van der Waals surface area (Å²) in [5.74, 6) is 0. The van der Waals surface area contributed by atoms with Gasteiger partial charge in [0.2, 0.25) is 0 Å². The van der Waals surface area contributed by atoms with Gasteiger partial charge in [-0.3, -0.25) is 10.1 Å². The molecule has 0 aromatic heterocycles. The second kappa shape index (κ2) is 5.44. The number of nitrogens with one attached hydrogen (secondary N) is 1. The Kier molecular flexibility index (Phi) is 3.72. The quantitative estimate of drug-likeness (QED) is 0.636. The SMILES string of the molecule is N#Cc1ccc(NN2CCOCC2)c([N+](=O)[O-])c1. The molecule has 0 atom stereocenters. The van der Waals surface area contributed by atoms with Gasteiger partial charge in [0.25, 0.3) is 5.69 Å². The Balaban J connectivity index is 2.21. The molecule has 1 aliphatic heterocycles. The maximum absolute atomic E-state index is 10.9. The summed E-state index contributed by atoms with van der Waals surface area (Å²) in [4.78, 5) is 10.4. The van der Waals surface area contributed by atoms with E-state index in [1.807, 2.05) is 11.1 Å². The maximum atomic E-state index is 10.9. The first kappa shape index (κ1) is 12.3. The van der Waals surface area contributed by atoms with Crippen LogP contribution in [0.3, 0.4) is 0 Å². The Morgan fingerprint density at radius 3 is 2.78 bits per heavy atom. The van der Waals surface area contributed by atoms with Gasteiger partial charge in [-0.1, -0.05) is 0 Å². The number of nitriles is 1. The van der Waals surface area contributed by atoms with Crippen molar-refractivity contribution in [2.24, 2.45) is 0 Å². The molecule has 1 aromatic carbocycles. The fraction of sp³-hybridized carbons (Fsp3) is 0.364. The molecule has 0 amide bonds. The number of ether oxygens (including phenoxy) is 1. The first-order valence-electron chi connectivity index (χ1n) is 5.48. The molecule has 0 spiro atoms. The molecule has 1 N–H and O–H groups in total. The highest BCUT2D eigenvalue weighted by Crippen LogP contribution is 2.25. The molecule has 0 unspecified atom stereocenters. The average molecular weight is 248 g/mol. The molecule has 1 heterocycles. The Bertz CT molecular complexity index is 492. The van der Waals surface area contributed by atoms with Crippen LogP contribution in [0.2, 0.25) is 0 Å². The number of hydrogen-bond donors (Lipinski definition) is 1. The van der Waals surface area contributed by atoms with Crippen molar-refractivity contribution in [3.63, 3.8) is 0 Å². The summed E-state index contributed by atoms with van der Waals surface area (Å²) < 4.78 is 5.19. The van der Waals surface area contributed by atoms with Crippen molar-refractivity contribution < 1.29 is 9.66 Å². The molecule has 1 aromatic rings. The summed E-state index contributed by atoms with van der Waals surface area (Å²) in [6, 6.07) is 6.25. The van der Waals surface area contributed by atoms with E-state index in [0.717, 1.165) is 0 Å². The monoisotopic (exact) mass is 248 g/mol. The van der Waals surface area contributed by atoms with E-state index in [1.165, 1.54) is 6.07 Å². The molecule has 0 saturated carbocycles. The van der Waals surface area contributed by atoms with Crippen LogP contribution in [0.4, 0.5) is 11.4 Å². The van der Waals surface area contributed by atoms with E-state index < -0.39 is 4.92 Å². The zero-order chi connectivity index (χ0) is 13.0. The van der Waals surface area contributed by atoms with E-state index in [0.29, 0.717) is 32.0 Å². The minimum Gasteiger partial charge on any atom is -0.379 e. The Labute approximate surface area is 104 Å². The minimum absolute atomic E-state index is 0.0967. The lowest BCUT2D eigenvalue weighted by molar-refractivity contribution is -0.384. The number of benzene rings is 1. The van der Waals surface area contributed by atoms with Crippen LogP contribution >= 0.6 is 0 Å². The van der Waals surface area contributed by atoms with Crippen molar-refractivity contribution in [2.75, 3.05) is 31.7 Å². The Hall–Kier alpha value is -2.17. The summed E-state index contributed by atoms with van der Waals surface area (Å²) in [5, 5.41) is 21.5. The van der Waals surface area contributed by atoms with Gasteiger partial charge in [-0.25, -0.2) is 5.01 Å². The highest BCUT2D eigenvalue weighted by atomic mass is 16.6. The van der Waals surface area contributed by atoms with Crippen LogP contribution in [-0.4, -0.2) is 36.2 Å². The molecule has 1 fully saturated rings. The molecule has 1 saturated heterocycles. The molecule has 18 heavy (non-hydrogen) atoms. The normalized spacial score (nSPS) is 15.9. The predicted octanol–water partition coefficient (Wildman–Crippen LogP) is 1.13. The highest BCUT2D eigenvalue weighted by molar-refractivity contribution is 5.63. The maximum Gasteiger partial charge on any atom is 0.294 e. The van der Waals surface area contributed by atoms with Gasteiger partial charge in [-0.05, 0) is 12.1 Å². The minimum atomic E-state index is -0.496. The third kappa shape index (κ3) is 2.74. The number of hydrazine groups is 1. The zero-order valence-electron chi connectivity index (χ0n) is 9.63. The predicted molar refractivity (Wildman–Crippen MR) is 63.8 cm³/mol. The van der Waals surface area contributed by atoms with E-state index in [9.17, 15) is 10.1 Å². The van der Waals surface area contributed by atoms with E-state index in [1.54, 1.807) is 12.1 Å². The lowest BCUT2D eigenvalue weighted by Gasteiger charge is -2.27. The van der Waals surface area contributed by atoms with Crippen LogP contribution in [-0.2, 0) is 4.74 Å². The van der Waals surface area contributed by atoms with E-state index in [2.05, 4.69) is 5.43 Å². The number of nitro benzene ring substituents is 1. The van der Waals surface area contributed by atoms with Crippen molar-refractivity contribution in [1.82, 2.24) is 5.01 Å². The molecule has 1 aliphatic rings. The molecule has 0 bridgehead atoms. The molecular formula is C11H12N4O3. The fourth-order valence-electron chi connectivity index (χ4n) is 1.69. The highest BCUT2D eigenvalue weighted by Gasteiger charge is 2.18. The van der Waals surface area contributed by atoms with Gasteiger partial charge in [0.05, 0.1) is 29.8 Å². The molecule has 7 nitrogen and oxygen atoms in total. The molecule has 7 heteroatoms. The van der Waals surface area contributed by atoms with Gasteiger partial charge >= 0.3 is 0 Å². The summed E-state index contributed by atoms with van der Waals surface area (Å²) in [7, 11) is 0. The molecule has 2 rings (SSSR count). The Morgan fingerprint density at radius 1 is 1.44 bits per heavy atom. The number of nitro groups is 1. The second-order valence-corrected chi connectivity index (χ2v) is 3.81. The van der Waals surface area contributed by atoms with E-state index in [-0.39, 0.29) is 11.3 Å². The molecular weight excluding hydrogens is 236 g/mol. The van der Waals surface area contributed by atoms with Gasteiger partial charge in [-0.15, -0.1) is 0 Å². The van der Waals surface area contributed by atoms with Crippen LogP contribution in [0.15, 0.2) is 18.2 Å². The molecule has 0 radical (unpaired) electrons. The van der Waals surface area contributed by atoms with Gasteiger partial charge < -0.3 is 10.2 Å². The standard InChI is InChI=1S/C11H12N4O3/c12-8-9-1-2-10(11(7-9)15(16)17)13-14-3-5-18-6-4-14/h1-2,7,13H,3-6H2. The van der Waals surface area contributed by atoms with Crippen molar-refractivity contribution >= 4 is 11.4 Å². The summed E-state index contributed by atoms with van der Waals surface area (Å²) in [5.41, 5.74) is 3.55. The summed E-state index contributed by atoms with van der Waals surface area (Å²) in [6.07, 6.45) is 0. The van der Waals surface area contributed by atoms with E-state index >= 15 is 0 Å². The first-order chi connectivity index (χ1) is 8.70.